The topological polar surface area (TPSA) is 70.7 Å². The highest BCUT2D eigenvalue weighted by molar-refractivity contribution is 5.88. The molecule has 1 heterocycles. The largest absolute Gasteiger partial charge is 0.496 e. The first-order chi connectivity index (χ1) is 14.8. The van der Waals surface area contributed by atoms with Crippen LogP contribution in [0.4, 0.5) is 8.78 Å². The number of rotatable bonds is 7. The van der Waals surface area contributed by atoms with E-state index in [1.165, 1.54) is 6.07 Å². The van der Waals surface area contributed by atoms with Gasteiger partial charge in [-0.25, -0.2) is 8.78 Å². The van der Waals surface area contributed by atoms with Crippen LogP contribution in [0.3, 0.4) is 0 Å². The van der Waals surface area contributed by atoms with Crippen molar-refractivity contribution < 1.29 is 23.1 Å². The molecule has 6 nitrogen and oxygen atoms in total. The molecule has 1 saturated heterocycles. The number of nitrogens with one attached hydrogen (secondary N) is 2. The zero-order chi connectivity index (χ0) is 22.5. The molecule has 31 heavy (non-hydrogen) atoms. The summed E-state index contributed by atoms with van der Waals surface area (Å²) in [4.78, 5) is 27.0. The van der Waals surface area contributed by atoms with Crippen LogP contribution in [0.15, 0.2) is 30.3 Å². The van der Waals surface area contributed by atoms with Gasteiger partial charge in [0.1, 0.15) is 17.4 Å². The fraction of sp³-hybridized carbons (Fsp3) is 0.391. The van der Waals surface area contributed by atoms with E-state index in [9.17, 15) is 18.4 Å². The molecule has 0 aromatic heterocycles. The summed E-state index contributed by atoms with van der Waals surface area (Å²) >= 11 is 0. The van der Waals surface area contributed by atoms with Gasteiger partial charge in [0.15, 0.2) is 0 Å². The number of hydrogen-bond donors (Lipinski definition) is 2. The number of methoxy groups -OCH3 is 1. The van der Waals surface area contributed by atoms with E-state index < -0.39 is 17.7 Å². The molecule has 0 bridgehead atoms. The van der Waals surface area contributed by atoms with Crippen LogP contribution in [0.1, 0.15) is 28.7 Å². The Morgan fingerprint density at radius 3 is 2.65 bits per heavy atom. The third kappa shape index (κ3) is 5.38. The third-order valence-electron chi connectivity index (χ3n) is 5.75. The lowest BCUT2D eigenvalue weighted by molar-refractivity contribution is -0.134. The molecule has 2 N–H and O–H groups in total. The van der Waals surface area contributed by atoms with Crippen LogP contribution in [0.5, 0.6) is 5.75 Å². The molecule has 2 aromatic carbocycles. The Bertz CT molecular complexity index is 981. The summed E-state index contributed by atoms with van der Waals surface area (Å²) in [7, 11) is 1.63. The van der Waals surface area contributed by atoms with E-state index in [0.717, 1.165) is 34.6 Å². The molecular formula is C23H27F2N3O3. The fourth-order valence-electron chi connectivity index (χ4n) is 3.74. The first-order valence-electron chi connectivity index (χ1n) is 10.2. The maximum Gasteiger partial charge on any atom is 0.237 e. The Balaban J connectivity index is 1.67. The smallest absolute Gasteiger partial charge is 0.237 e. The second-order valence-electron chi connectivity index (χ2n) is 7.67. The highest BCUT2D eigenvalue weighted by Gasteiger charge is 2.32. The second-order valence-corrected chi connectivity index (χ2v) is 7.67. The highest BCUT2D eigenvalue weighted by Crippen LogP contribution is 2.26. The van der Waals surface area contributed by atoms with E-state index in [0.29, 0.717) is 19.6 Å². The average molecular weight is 431 g/mol. The van der Waals surface area contributed by atoms with Gasteiger partial charge in [-0.3, -0.25) is 14.5 Å². The lowest BCUT2D eigenvalue weighted by Crippen LogP contribution is -2.56. The number of carbonyl (C=O) groups excluding carboxylic acids is 2. The number of nitrogens with zero attached hydrogens (tertiary/aromatic N) is 1. The van der Waals surface area contributed by atoms with Gasteiger partial charge in [0.2, 0.25) is 11.8 Å². The molecule has 0 aliphatic carbocycles. The Hall–Kier alpha value is -3.00. The summed E-state index contributed by atoms with van der Waals surface area (Å²) in [6.07, 6.45) is -0.0527. The van der Waals surface area contributed by atoms with Gasteiger partial charge in [-0.2, -0.15) is 0 Å². The summed E-state index contributed by atoms with van der Waals surface area (Å²) in [5.74, 6) is -1.17. The molecule has 0 saturated carbocycles. The molecule has 166 valence electrons. The predicted molar refractivity (Wildman–Crippen MR) is 112 cm³/mol. The number of hydrogen-bond acceptors (Lipinski definition) is 4. The van der Waals surface area contributed by atoms with E-state index in [1.54, 1.807) is 7.11 Å². The Kier molecular flexibility index (Phi) is 7.22. The third-order valence-corrected chi connectivity index (χ3v) is 5.75. The number of amides is 2. The average Bonchev–Trinajstić information content (AvgIpc) is 2.73. The Morgan fingerprint density at radius 2 is 1.94 bits per heavy atom. The van der Waals surface area contributed by atoms with Gasteiger partial charge in [-0.05, 0) is 42.7 Å². The Labute approximate surface area is 180 Å². The molecule has 1 atom stereocenters. The molecule has 1 unspecified atom stereocenters. The number of benzene rings is 2. The van der Waals surface area contributed by atoms with Crippen molar-refractivity contribution >= 4 is 11.8 Å². The summed E-state index contributed by atoms with van der Waals surface area (Å²) in [5.41, 5.74) is 3.37. The zero-order valence-corrected chi connectivity index (χ0v) is 17.9. The Morgan fingerprint density at radius 1 is 1.19 bits per heavy atom. The van der Waals surface area contributed by atoms with Gasteiger partial charge < -0.3 is 15.4 Å². The molecule has 3 rings (SSSR count). The first kappa shape index (κ1) is 22.7. The van der Waals surface area contributed by atoms with Crippen molar-refractivity contribution in [1.82, 2.24) is 15.5 Å². The number of halogens is 2. The molecule has 8 heteroatoms. The van der Waals surface area contributed by atoms with Crippen LogP contribution >= 0.6 is 0 Å². The van der Waals surface area contributed by atoms with E-state index >= 15 is 0 Å². The molecule has 1 aliphatic rings. The van der Waals surface area contributed by atoms with Crippen molar-refractivity contribution in [2.45, 2.75) is 39.4 Å². The fourth-order valence-corrected chi connectivity index (χ4v) is 3.74. The summed E-state index contributed by atoms with van der Waals surface area (Å²) in [6.45, 7) is 5.56. The maximum absolute atomic E-state index is 13.8. The van der Waals surface area contributed by atoms with Crippen LogP contribution in [-0.2, 0) is 22.7 Å². The standard InChI is InChI=1S/C23H27F2N3O3/c1-14-15(2)21(31-3)7-5-17(14)13-28-9-8-26-23(30)20(28)11-22(29)27-12-16-4-6-18(24)10-19(16)25/h4-7,10,20H,8-9,11-13H2,1-3H3,(H,26,30)(H,27,29). The quantitative estimate of drug-likeness (QED) is 0.707. The zero-order valence-electron chi connectivity index (χ0n) is 17.9. The minimum atomic E-state index is -0.720. The van der Waals surface area contributed by atoms with Gasteiger partial charge in [-0.1, -0.05) is 12.1 Å². The number of carbonyl (C=O) groups is 2. The maximum atomic E-state index is 13.8. The van der Waals surface area contributed by atoms with Gasteiger partial charge in [0.25, 0.3) is 0 Å². The van der Waals surface area contributed by atoms with E-state index in [1.807, 2.05) is 30.9 Å². The van der Waals surface area contributed by atoms with E-state index in [-0.39, 0.29) is 30.3 Å². The molecule has 1 aliphatic heterocycles. The van der Waals surface area contributed by atoms with Gasteiger partial charge in [-0.15, -0.1) is 0 Å². The van der Waals surface area contributed by atoms with Gasteiger partial charge in [0, 0.05) is 37.8 Å². The minimum Gasteiger partial charge on any atom is -0.496 e. The minimum absolute atomic E-state index is 0.0527. The van der Waals surface area contributed by atoms with Crippen molar-refractivity contribution in [3.8, 4) is 5.75 Å². The van der Waals surface area contributed by atoms with Crippen LogP contribution in [0, 0.1) is 25.5 Å². The molecule has 1 fully saturated rings. The predicted octanol–water partition coefficient (Wildman–Crippen LogP) is 2.60. The first-order valence-corrected chi connectivity index (χ1v) is 10.2. The summed E-state index contributed by atoms with van der Waals surface area (Å²) in [6, 6.07) is 6.45. The van der Waals surface area contributed by atoms with E-state index in [2.05, 4.69) is 10.6 Å². The normalized spacial score (nSPS) is 16.7. The van der Waals surface area contributed by atoms with Crippen molar-refractivity contribution in [2.75, 3.05) is 20.2 Å². The van der Waals surface area contributed by atoms with Crippen LogP contribution in [0.25, 0.3) is 0 Å². The number of piperazine rings is 1. The number of ether oxygens (including phenoxy) is 1. The van der Waals surface area contributed by atoms with E-state index in [4.69, 9.17) is 4.74 Å². The van der Waals surface area contributed by atoms with Crippen molar-refractivity contribution in [2.24, 2.45) is 0 Å². The molecule has 0 radical (unpaired) electrons. The molecule has 2 amide bonds. The second kappa shape index (κ2) is 9.87. The van der Waals surface area contributed by atoms with Crippen molar-refractivity contribution in [1.29, 1.82) is 0 Å². The molecule has 2 aromatic rings. The highest BCUT2D eigenvalue weighted by atomic mass is 19.1. The van der Waals surface area contributed by atoms with Crippen molar-refractivity contribution in [3.05, 3.63) is 64.2 Å². The van der Waals surface area contributed by atoms with Gasteiger partial charge in [0.05, 0.1) is 19.6 Å². The van der Waals surface area contributed by atoms with Crippen LogP contribution < -0.4 is 15.4 Å². The molecular weight excluding hydrogens is 404 g/mol. The SMILES string of the molecule is COc1ccc(CN2CCNC(=O)C2CC(=O)NCc2ccc(F)cc2F)c(C)c1C. The van der Waals surface area contributed by atoms with Crippen molar-refractivity contribution in [3.63, 3.8) is 0 Å². The monoisotopic (exact) mass is 431 g/mol. The van der Waals surface area contributed by atoms with Crippen LogP contribution in [-0.4, -0.2) is 43.0 Å². The lowest BCUT2D eigenvalue weighted by atomic mass is 10.00. The van der Waals surface area contributed by atoms with Crippen LogP contribution in [0.2, 0.25) is 0 Å². The summed E-state index contributed by atoms with van der Waals surface area (Å²) in [5, 5.41) is 5.43. The van der Waals surface area contributed by atoms with Gasteiger partial charge >= 0.3 is 0 Å². The summed E-state index contributed by atoms with van der Waals surface area (Å²) < 4.78 is 32.2. The molecule has 0 spiro atoms. The lowest BCUT2D eigenvalue weighted by Gasteiger charge is -2.35.